The van der Waals surface area contributed by atoms with E-state index >= 15 is 0 Å². The van der Waals surface area contributed by atoms with E-state index in [1.807, 2.05) is 36.7 Å². The Kier molecular flexibility index (Phi) is 3.14. The van der Waals surface area contributed by atoms with E-state index in [-0.39, 0.29) is 0 Å². The Labute approximate surface area is 84.5 Å². The molecule has 0 aromatic heterocycles. The van der Waals surface area contributed by atoms with Crippen LogP contribution in [0.1, 0.15) is 0 Å². The molecular formula is C11H15N3. The maximum absolute atomic E-state index is 4.40. The predicted octanol–water partition coefficient (Wildman–Crippen LogP) is 1.25. The first-order chi connectivity index (χ1) is 6.95. The minimum absolute atomic E-state index is 1.02. The minimum Gasteiger partial charge on any atom is -0.360 e. The molecule has 0 spiro atoms. The molecule has 2 rings (SSSR count). The summed E-state index contributed by atoms with van der Waals surface area (Å²) in [5.41, 5.74) is 1.02. The van der Waals surface area contributed by atoms with Gasteiger partial charge in [-0.2, -0.15) is 0 Å². The largest absolute Gasteiger partial charge is 0.360 e. The molecule has 0 amide bonds. The zero-order valence-corrected chi connectivity index (χ0v) is 8.19. The van der Waals surface area contributed by atoms with Crippen molar-refractivity contribution in [1.82, 2.24) is 10.2 Å². The van der Waals surface area contributed by atoms with Crippen LogP contribution >= 0.6 is 0 Å². The molecule has 14 heavy (non-hydrogen) atoms. The lowest BCUT2D eigenvalue weighted by atomic mass is 10.3. The molecule has 1 N–H and O–H groups in total. The number of benzene rings is 1. The molecule has 0 unspecified atom stereocenters. The zero-order chi connectivity index (χ0) is 9.64. The summed E-state index contributed by atoms with van der Waals surface area (Å²) in [7, 11) is 0. The van der Waals surface area contributed by atoms with Crippen molar-refractivity contribution in [3.63, 3.8) is 0 Å². The number of hydrogen-bond donors (Lipinski definition) is 1. The molecule has 1 aromatic carbocycles. The fraction of sp³-hybridized carbons (Fsp3) is 0.364. The number of rotatable bonds is 2. The van der Waals surface area contributed by atoms with Crippen molar-refractivity contribution in [1.29, 1.82) is 0 Å². The van der Waals surface area contributed by atoms with Gasteiger partial charge in [-0.3, -0.25) is 0 Å². The average molecular weight is 189 g/mol. The van der Waals surface area contributed by atoms with Crippen molar-refractivity contribution in [3.05, 3.63) is 30.3 Å². The van der Waals surface area contributed by atoms with Gasteiger partial charge < -0.3 is 10.2 Å². The van der Waals surface area contributed by atoms with Crippen molar-refractivity contribution in [3.8, 4) is 0 Å². The van der Waals surface area contributed by atoms with Gasteiger partial charge in [0.1, 0.15) is 0 Å². The van der Waals surface area contributed by atoms with Crippen LogP contribution in [0.3, 0.4) is 0 Å². The van der Waals surface area contributed by atoms with Gasteiger partial charge in [-0.15, -0.1) is 0 Å². The lowest BCUT2D eigenvalue weighted by Crippen LogP contribution is -2.42. The predicted molar refractivity (Wildman–Crippen MR) is 59.0 cm³/mol. The van der Waals surface area contributed by atoms with Gasteiger partial charge >= 0.3 is 0 Å². The van der Waals surface area contributed by atoms with Crippen LogP contribution in [0.15, 0.2) is 35.3 Å². The Morgan fingerprint density at radius 3 is 2.57 bits per heavy atom. The summed E-state index contributed by atoms with van der Waals surface area (Å²) in [5.74, 6) is 0. The van der Waals surface area contributed by atoms with Gasteiger partial charge in [-0.25, -0.2) is 4.99 Å². The Balaban J connectivity index is 1.93. The van der Waals surface area contributed by atoms with Crippen LogP contribution in [-0.4, -0.2) is 37.4 Å². The molecule has 1 heterocycles. The molecule has 3 nitrogen and oxygen atoms in total. The van der Waals surface area contributed by atoms with Gasteiger partial charge in [0.15, 0.2) is 0 Å². The fourth-order valence-corrected chi connectivity index (χ4v) is 1.46. The molecule has 1 aliphatic rings. The van der Waals surface area contributed by atoms with Crippen LogP contribution < -0.4 is 5.32 Å². The highest BCUT2D eigenvalue weighted by Crippen LogP contribution is 2.08. The number of nitrogens with zero attached hydrogens (tertiary/aromatic N) is 2. The van der Waals surface area contributed by atoms with Crippen LogP contribution in [-0.2, 0) is 0 Å². The summed E-state index contributed by atoms with van der Waals surface area (Å²) in [6, 6.07) is 10.0. The molecular weight excluding hydrogens is 174 g/mol. The molecule has 0 atom stereocenters. The third-order valence-corrected chi connectivity index (χ3v) is 2.28. The highest BCUT2D eigenvalue weighted by atomic mass is 15.2. The van der Waals surface area contributed by atoms with Crippen LogP contribution in [0.25, 0.3) is 0 Å². The van der Waals surface area contributed by atoms with E-state index in [1.165, 1.54) is 0 Å². The van der Waals surface area contributed by atoms with Crippen molar-refractivity contribution in [2.45, 2.75) is 0 Å². The van der Waals surface area contributed by atoms with Crippen molar-refractivity contribution in [2.24, 2.45) is 4.99 Å². The van der Waals surface area contributed by atoms with E-state index in [0.717, 1.165) is 31.9 Å². The lowest BCUT2D eigenvalue weighted by molar-refractivity contribution is 0.366. The van der Waals surface area contributed by atoms with Crippen LogP contribution in [0, 0.1) is 0 Å². The maximum Gasteiger partial charge on any atom is 0.0913 e. The van der Waals surface area contributed by atoms with Gasteiger partial charge in [0.25, 0.3) is 0 Å². The van der Waals surface area contributed by atoms with Crippen LogP contribution in [0.4, 0.5) is 5.69 Å². The number of piperazine rings is 1. The first-order valence-electron chi connectivity index (χ1n) is 4.99. The Hall–Kier alpha value is -1.35. The second-order valence-electron chi connectivity index (χ2n) is 3.37. The molecule has 0 radical (unpaired) electrons. The number of nitrogens with one attached hydrogen (secondary N) is 1. The van der Waals surface area contributed by atoms with Gasteiger partial charge in [-0.1, -0.05) is 18.2 Å². The fourth-order valence-electron chi connectivity index (χ4n) is 1.46. The monoisotopic (exact) mass is 189 g/mol. The van der Waals surface area contributed by atoms with E-state index < -0.39 is 0 Å². The first kappa shape index (κ1) is 9.21. The van der Waals surface area contributed by atoms with Gasteiger partial charge in [0, 0.05) is 26.2 Å². The zero-order valence-electron chi connectivity index (χ0n) is 8.19. The van der Waals surface area contributed by atoms with Crippen molar-refractivity contribution in [2.75, 3.05) is 26.2 Å². The topological polar surface area (TPSA) is 27.6 Å². The van der Waals surface area contributed by atoms with Gasteiger partial charge in [0.2, 0.25) is 0 Å². The third-order valence-electron chi connectivity index (χ3n) is 2.28. The smallest absolute Gasteiger partial charge is 0.0913 e. The molecule has 1 aliphatic heterocycles. The van der Waals surface area contributed by atoms with Gasteiger partial charge in [0.05, 0.1) is 12.0 Å². The Bertz CT molecular complexity index is 289. The lowest BCUT2D eigenvalue weighted by Gasteiger charge is -2.24. The summed E-state index contributed by atoms with van der Waals surface area (Å²) < 4.78 is 0. The van der Waals surface area contributed by atoms with E-state index in [9.17, 15) is 0 Å². The number of hydrogen-bond acceptors (Lipinski definition) is 2. The normalized spacial score (nSPS) is 17.6. The maximum atomic E-state index is 4.40. The van der Waals surface area contributed by atoms with Crippen molar-refractivity contribution < 1.29 is 0 Å². The molecule has 0 aliphatic carbocycles. The summed E-state index contributed by atoms with van der Waals surface area (Å²) in [4.78, 5) is 6.64. The molecule has 1 aromatic rings. The van der Waals surface area contributed by atoms with E-state index in [0.29, 0.717) is 0 Å². The highest BCUT2D eigenvalue weighted by Gasteiger charge is 2.04. The van der Waals surface area contributed by atoms with E-state index in [4.69, 9.17) is 0 Å². The number of para-hydroxylation sites is 1. The summed E-state index contributed by atoms with van der Waals surface area (Å²) in [6.07, 6.45) is 1.94. The van der Waals surface area contributed by atoms with Crippen LogP contribution in [0.5, 0.6) is 0 Å². The van der Waals surface area contributed by atoms with Crippen LogP contribution in [0.2, 0.25) is 0 Å². The molecule has 0 bridgehead atoms. The Morgan fingerprint density at radius 1 is 1.14 bits per heavy atom. The molecule has 0 saturated carbocycles. The first-order valence-corrected chi connectivity index (χ1v) is 4.99. The van der Waals surface area contributed by atoms with Gasteiger partial charge in [-0.05, 0) is 12.1 Å². The standard InChI is InChI=1S/C11H15N3/c1-2-4-11(5-3-1)13-10-14-8-6-12-7-9-14/h1-5,10,12H,6-9H2. The minimum atomic E-state index is 1.02. The molecule has 3 heteroatoms. The van der Waals surface area contributed by atoms with E-state index in [2.05, 4.69) is 15.2 Å². The SMILES string of the molecule is C(=Nc1ccccc1)N1CCNCC1. The second kappa shape index (κ2) is 4.77. The van der Waals surface area contributed by atoms with E-state index in [1.54, 1.807) is 0 Å². The quantitative estimate of drug-likeness (QED) is 0.560. The second-order valence-corrected chi connectivity index (χ2v) is 3.37. The average Bonchev–Trinajstić information content (AvgIpc) is 2.29. The Morgan fingerprint density at radius 2 is 1.86 bits per heavy atom. The third kappa shape index (κ3) is 2.57. The molecule has 1 saturated heterocycles. The number of aliphatic imine (C=N–C) groups is 1. The highest BCUT2D eigenvalue weighted by molar-refractivity contribution is 5.61. The summed E-state index contributed by atoms with van der Waals surface area (Å²) in [5, 5.41) is 3.31. The summed E-state index contributed by atoms with van der Waals surface area (Å²) in [6.45, 7) is 4.22. The summed E-state index contributed by atoms with van der Waals surface area (Å²) >= 11 is 0. The molecule has 1 fully saturated rings. The molecule has 74 valence electrons. The van der Waals surface area contributed by atoms with Crippen molar-refractivity contribution >= 4 is 12.0 Å².